The van der Waals surface area contributed by atoms with Crippen molar-refractivity contribution in [1.29, 1.82) is 0 Å². The summed E-state index contributed by atoms with van der Waals surface area (Å²) >= 11 is 0. The second-order valence-electron chi connectivity index (χ2n) is 5.55. The van der Waals surface area contributed by atoms with Crippen LogP contribution in [0.15, 0.2) is 23.0 Å². The average Bonchev–Trinajstić information content (AvgIpc) is 3.36. The third-order valence-corrected chi connectivity index (χ3v) is 3.94. The van der Waals surface area contributed by atoms with E-state index in [0.29, 0.717) is 22.3 Å². The molecule has 114 valence electrons. The zero-order chi connectivity index (χ0) is 15.7. The van der Waals surface area contributed by atoms with E-state index in [-0.39, 0.29) is 24.2 Å². The highest BCUT2D eigenvalue weighted by Crippen LogP contribution is 2.36. The van der Waals surface area contributed by atoms with Gasteiger partial charge in [-0.2, -0.15) is 0 Å². The largest absolute Gasteiger partial charge is 0.384 e. The summed E-state index contributed by atoms with van der Waals surface area (Å²) in [7, 11) is 0. The van der Waals surface area contributed by atoms with Gasteiger partial charge in [0.25, 0.3) is 5.56 Å². The first-order chi connectivity index (χ1) is 10.7. The Morgan fingerprint density at radius 1 is 1.50 bits per heavy atom. The van der Waals surface area contributed by atoms with Crippen molar-refractivity contribution in [2.24, 2.45) is 5.73 Å². The second kappa shape index (κ2) is 5.91. The van der Waals surface area contributed by atoms with Crippen LogP contribution in [-0.2, 0) is 0 Å². The van der Waals surface area contributed by atoms with Gasteiger partial charge in [-0.05, 0) is 31.4 Å². The molecule has 3 rings (SSSR count). The second-order valence-corrected chi connectivity index (χ2v) is 5.55. The monoisotopic (exact) mass is 297 g/mol. The third-order valence-electron chi connectivity index (χ3n) is 3.94. The number of hydrogen-bond acceptors (Lipinski definition) is 4. The molecular formula is C17H19N3O2. The van der Waals surface area contributed by atoms with E-state index in [0.717, 1.165) is 19.3 Å². The number of hydrogen-bond donors (Lipinski definition) is 2. The molecule has 0 spiro atoms. The fourth-order valence-corrected chi connectivity index (χ4v) is 2.63. The first kappa shape index (κ1) is 14.8. The van der Waals surface area contributed by atoms with Crippen LogP contribution in [0.3, 0.4) is 0 Å². The number of nitrogens with zero attached hydrogens (tertiary/aromatic N) is 2. The van der Waals surface area contributed by atoms with Gasteiger partial charge < -0.3 is 10.8 Å². The maximum absolute atomic E-state index is 13.0. The van der Waals surface area contributed by atoms with Gasteiger partial charge >= 0.3 is 0 Å². The van der Waals surface area contributed by atoms with Crippen LogP contribution in [0.1, 0.15) is 49.7 Å². The molecular weight excluding hydrogens is 278 g/mol. The van der Waals surface area contributed by atoms with Crippen LogP contribution in [0.5, 0.6) is 0 Å². The molecule has 2 aromatic rings. The highest BCUT2D eigenvalue weighted by Gasteiger charge is 2.30. The molecule has 0 radical (unpaired) electrons. The molecule has 0 unspecified atom stereocenters. The van der Waals surface area contributed by atoms with E-state index in [4.69, 9.17) is 10.8 Å². The highest BCUT2D eigenvalue weighted by atomic mass is 16.2. The summed E-state index contributed by atoms with van der Waals surface area (Å²) in [4.78, 5) is 17.6. The summed E-state index contributed by atoms with van der Waals surface area (Å²) in [6, 6.07) is 5.37. The zero-order valence-electron chi connectivity index (χ0n) is 12.5. The fraction of sp³-hybridized carbons (Fsp3) is 0.412. The van der Waals surface area contributed by atoms with E-state index < -0.39 is 0 Å². The Kier molecular flexibility index (Phi) is 3.97. The van der Waals surface area contributed by atoms with E-state index in [1.165, 1.54) is 0 Å². The lowest BCUT2D eigenvalue weighted by atomic mass is 10.1. The minimum atomic E-state index is -0.245. The van der Waals surface area contributed by atoms with Crippen molar-refractivity contribution < 1.29 is 5.11 Å². The van der Waals surface area contributed by atoms with Crippen LogP contribution < -0.4 is 11.3 Å². The van der Waals surface area contributed by atoms with Gasteiger partial charge in [0.15, 0.2) is 0 Å². The average molecular weight is 297 g/mol. The first-order valence-electron chi connectivity index (χ1n) is 7.57. The summed E-state index contributed by atoms with van der Waals surface area (Å²) in [5.41, 5.74) is 7.30. The smallest absolute Gasteiger partial charge is 0.262 e. The molecule has 1 atom stereocenters. The van der Waals surface area contributed by atoms with E-state index in [2.05, 4.69) is 16.8 Å². The Balaban J connectivity index is 2.33. The fourth-order valence-electron chi connectivity index (χ4n) is 2.63. The summed E-state index contributed by atoms with van der Waals surface area (Å²) in [5, 5.41) is 9.40. The molecule has 1 aromatic carbocycles. The van der Waals surface area contributed by atoms with E-state index in [1.807, 2.05) is 19.1 Å². The normalized spacial score (nSPS) is 15.4. The third kappa shape index (κ3) is 2.52. The number of aliphatic hydroxyl groups excluding tert-OH is 1. The molecule has 0 bridgehead atoms. The van der Waals surface area contributed by atoms with Gasteiger partial charge in [0, 0.05) is 11.6 Å². The van der Waals surface area contributed by atoms with Gasteiger partial charge in [-0.3, -0.25) is 9.36 Å². The number of benzene rings is 1. The summed E-state index contributed by atoms with van der Waals surface area (Å²) < 4.78 is 1.75. The Hall–Kier alpha value is -2.16. The van der Waals surface area contributed by atoms with Gasteiger partial charge in [-0.25, -0.2) is 4.98 Å². The quantitative estimate of drug-likeness (QED) is 0.841. The van der Waals surface area contributed by atoms with Crippen molar-refractivity contribution in [3.05, 3.63) is 39.9 Å². The summed E-state index contributed by atoms with van der Waals surface area (Å²) in [5.74, 6) is 6.11. The van der Waals surface area contributed by atoms with E-state index >= 15 is 0 Å². The predicted molar refractivity (Wildman–Crippen MR) is 85.5 cm³/mol. The molecule has 5 nitrogen and oxygen atoms in total. The summed E-state index contributed by atoms with van der Waals surface area (Å²) in [6.07, 6.45) is 2.71. The molecule has 3 N–H and O–H groups in total. The Bertz CT molecular complexity index is 825. The van der Waals surface area contributed by atoms with Gasteiger partial charge in [-0.15, -0.1) is 0 Å². The molecule has 1 heterocycles. The summed E-state index contributed by atoms with van der Waals surface area (Å²) in [6.45, 7) is 1.75. The van der Waals surface area contributed by atoms with Crippen molar-refractivity contribution in [3.8, 4) is 11.8 Å². The minimum Gasteiger partial charge on any atom is -0.384 e. The number of rotatable bonds is 3. The molecule has 1 saturated carbocycles. The number of nitrogens with two attached hydrogens (primary N) is 1. The van der Waals surface area contributed by atoms with Crippen LogP contribution in [0.4, 0.5) is 0 Å². The maximum atomic E-state index is 13.0. The lowest BCUT2D eigenvalue weighted by Crippen LogP contribution is -2.29. The molecule has 1 aliphatic carbocycles. The number of fused-ring (bicyclic) bond motifs is 1. The standard InChI is InChI=1S/C17H19N3O2/c1-2-13(18)16-19-14-7-3-5-11(6-4-10-21)15(14)17(22)20(16)12-8-9-12/h3,5,7,12-13,21H,2,8-10,18H2,1H3/t13-/m0/s1. The minimum absolute atomic E-state index is 0.0748. The van der Waals surface area contributed by atoms with Crippen molar-refractivity contribution in [3.63, 3.8) is 0 Å². The lowest BCUT2D eigenvalue weighted by Gasteiger charge is -2.17. The highest BCUT2D eigenvalue weighted by molar-refractivity contribution is 5.84. The van der Waals surface area contributed by atoms with Gasteiger partial charge in [-0.1, -0.05) is 24.8 Å². The molecule has 1 aromatic heterocycles. The van der Waals surface area contributed by atoms with Gasteiger partial charge in [0.05, 0.1) is 16.9 Å². The van der Waals surface area contributed by atoms with Crippen LogP contribution in [0, 0.1) is 11.8 Å². The Morgan fingerprint density at radius 3 is 2.91 bits per heavy atom. The molecule has 0 amide bonds. The maximum Gasteiger partial charge on any atom is 0.262 e. The van der Waals surface area contributed by atoms with E-state index in [9.17, 15) is 4.79 Å². The van der Waals surface area contributed by atoms with Crippen molar-refractivity contribution in [1.82, 2.24) is 9.55 Å². The predicted octanol–water partition coefficient (Wildman–Crippen LogP) is 1.48. The van der Waals surface area contributed by atoms with E-state index in [1.54, 1.807) is 10.6 Å². The van der Waals surface area contributed by atoms with Crippen LogP contribution >= 0.6 is 0 Å². The Labute approximate surface area is 128 Å². The van der Waals surface area contributed by atoms with Gasteiger partial charge in [0.1, 0.15) is 12.4 Å². The molecule has 5 heteroatoms. The van der Waals surface area contributed by atoms with Crippen molar-refractivity contribution >= 4 is 10.9 Å². The van der Waals surface area contributed by atoms with Crippen LogP contribution in [-0.4, -0.2) is 21.3 Å². The molecule has 0 saturated heterocycles. The molecule has 1 aliphatic rings. The molecule has 0 aliphatic heterocycles. The number of aliphatic hydroxyl groups is 1. The first-order valence-corrected chi connectivity index (χ1v) is 7.57. The van der Waals surface area contributed by atoms with Crippen molar-refractivity contribution in [2.45, 2.75) is 38.3 Å². The SMILES string of the molecule is CC[C@H](N)c1nc2cccc(C#CCO)c2c(=O)n1C1CC1. The Morgan fingerprint density at radius 2 is 2.27 bits per heavy atom. The van der Waals surface area contributed by atoms with Crippen LogP contribution in [0.2, 0.25) is 0 Å². The molecule has 1 fully saturated rings. The molecule has 22 heavy (non-hydrogen) atoms. The zero-order valence-corrected chi connectivity index (χ0v) is 12.5. The number of aromatic nitrogens is 2. The topological polar surface area (TPSA) is 81.1 Å². The lowest BCUT2D eigenvalue weighted by molar-refractivity contribution is 0.350. The van der Waals surface area contributed by atoms with Crippen LogP contribution in [0.25, 0.3) is 10.9 Å². The van der Waals surface area contributed by atoms with Crippen molar-refractivity contribution in [2.75, 3.05) is 6.61 Å². The van der Waals surface area contributed by atoms with Gasteiger partial charge in [0.2, 0.25) is 0 Å².